The molecule has 0 unspecified atom stereocenters. The monoisotopic (exact) mass is 423 g/mol. The Morgan fingerprint density at radius 2 is 2.10 bits per heavy atom. The van der Waals surface area contributed by atoms with Crippen LogP contribution in [-0.4, -0.2) is 40.7 Å². The van der Waals surface area contributed by atoms with Gasteiger partial charge in [-0.25, -0.2) is 4.98 Å². The molecule has 30 heavy (non-hydrogen) atoms. The Bertz CT molecular complexity index is 1210. The summed E-state index contributed by atoms with van der Waals surface area (Å²) in [6.07, 6.45) is 1.52. The van der Waals surface area contributed by atoms with Crippen molar-refractivity contribution in [1.29, 1.82) is 0 Å². The summed E-state index contributed by atoms with van der Waals surface area (Å²) in [5.41, 5.74) is 0.629. The molecule has 0 aliphatic carbocycles. The first-order valence-electron chi connectivity index (χ1n) is 9.86. The molecule has 0 radical (unpaired) electrons. The van der Waals surface area contributed by atoms with Gasteiger partial charge in [-0.15, -0.1) is 11.3 Å². The van der Waals surface area contributed by atoms with Crippen LogP contribution in [0.25, 0.3) is 21.5 Å². The highest BCUT2D eigenvalue weighted by molar-refractivity contribution is 7.17. The maximum Gasteiger partial charge on any atom is 0.260 e. The van der Waals surface area contributed by atoms with Crippen LogP contribution in [0.1, 0.15) is 12.7 Å². The van der Waals surface area contributed by atoms with E-state index in [0.29, 0.717) is 41.5 Å². The molecule has 0 saturated heterocycles. The fourth-order valence-electron chi connectivity index (χ4n) is 3.64. The van der Waals surface area contributed by atoms with Crippen LogP contribution in [0.3, 0.4) is 0 Å². The Morgan fingerprint density at radius 3 is 2.90 bits per heavy atom. The summed E-state index contributed by atoms with van der Waals surface area (Å²) in [6.45, 7) is 4.57. The highest BCUT2D eigenvalue weighted by Crippen LogP contribution is 2.32. The second-order valence-corrected chi connectivity index (χ2v) is 8.00. The number of rotatable bonds is 6. The summed E-state index contributed by atoms with van der Waals surface area (Å²) < 4.78 is 17.3. The Morgan fingerprint density at radius 1 is 1.23 bits per heavy atom. The molecule has 1 aliphatic heterocycles. The number of benzene rings is 1. The van der Waals surface area contributed by atoms with Crippen molar-refractivity contribution in [3.63, 3.8) is 0 Å². The van der Waals surface area contributed by atoms with Gasteiger partial charge in [0.05, 0.1) is 18.2 Å². The van der Waals surface area contributed by atoms with Crippen LogP contribution >= 0.6 is 11.3 Å². The highest BCUT2D eigenvalue weighted by atomic mass is 32.1. The van der Waals surface area contributed by atoms with Gasteiger partial charge in [-0.1, -0.05) is 19.1 Å². The largest absolute Gasteiger partial charge is 0.486 e. The van der Waals surface area contributed by atoms with Crippen molar-refractivity contribution in [3.8, 4) is 22.8 Å². The molecule has 4 aromatic rings. The maximum absolute atomic E-state index is 12.8. The summed E-state index contributed by atoms with van der Waals surface area (Å²) in [4.78, 5) is 23.3. The number of thiophene rings is 1. The Balaban J connectivity index is 1.34. The Kier molecular flexibility index (Phi) is 5.02. The molecule has 5 rings (SSSR count). The van der Waals surface area contributed by atoms with E-state index in [1.165, 1.54) is 11.3 Å². The fourth-order valence-corrected chi connectivity index (χ4v) is 4.59. The van der Waals surface area contributed by atoms with Crippen molar-refractivity contribution in [2.24, 2.45) is 0 Å². The number of fused-ring (bicyclic) bond motifs is 2. The van der Waals surface area contributed by atoms with Crippen LogP contribution in [0.5, 0.6) is 11.5 Å². The first kappa shape index (κ1) is 18.9. The van der Waals surface area contributed by atoms with Crippen LogP contribution < -0.4 is 15.0 Å². The highest BCUT2D eigenvalue weighted by Gasteiger charge is 2.23. The quantitative estimate of drug-likeness (QED) is 0.507. The third-order valence-corrected chi connectivity index (χ3v) is 6.00. The van der Waals surface area contributed by atoms with E-state index in [1.54, 1.807) is 6.26 Å². The van der Waals surface area contributed by atoms with Gasteiger partial charge in [-0.05, 0) is 30.8 Å². The topological polar surface area (TPSA) is 80.6 Å². The van der Waals surface area contributed by atoms with Gasteiger partial charge in [0.25, 0.3) is 5.56 Å². The average molecular weight is 423 g/mol. The summed E-state index contributed by atoms with van der Waals surface area (Å²) in [5, 5.41) is 2.49. The average Bonchev–Trinajstić information content (AvgIpc) is 3.43. The molecular weight excluding hydrogens is 402 g/mol. The third kappa shape index (κ3) is 3.59. The van der Waals surface area contributed by atoms with Crippen molar-refractivity contribution in [2.45, 2.75) is 19.6 Å². The van der Waals surface area contributed by atoms with E-state index < -0.39 is 0 Å². The lowest BCUT2D eigenvalue weighted by atomic mass is 10.2. The number of likely N-dealkylation sites (N-methyl/N-ethyl adjacent to an activating group) is 1. The van der Waals surface area contributed by atoms with E-state index in [9.17, 15) is 4.79 Å². The van der Waals surface area contributed by atoms with Crippen LogP contribution in [0.4, 0.5) is 0 Å². The first-order chi connectivity index (χ1) is 14.7. The van der Waals surface area contributed by atoms with Gasteiger partial charge in [0.2, 0.25) is 0 Å². The van der Waals surface area contributed by atoms with Gasteiger partial charge in [-0.2, -0.15) is 0 Å². The predicted octanol–water partition coefficient (Wildman–Crippen LogP) is 3.91. The second-order valence-electron chi connectivity index (χ2n) is 7.14. The normalized spacial score (nSPS) is 15.7. The van der Waals surface area contributed by atoms with Crippen molar-refractivity contribution in [3.05, 3.63) is 64.2 Å². The third-order valence-electron chi connectivity index (χ3n) is 5.13. The minimum absolute atomic E-state index is 0.0809. The number of aromatic nitrogens is 2. The van der Waals surface area contributed by atoms with Crippen LogP contribution in [0, 0.1) is 0 Å². The van der Waals surface area contributed by atoms with Crippen molar-refractivity contribution >= 4 is 21.6 Å². The minimum Gasteiger partial charge on any atom is -0.486 e. The molecule has 4 heterocycles. The minimum atomic E-state index is -0.148. The second kappa shape index (κ2) is 7.97. The summed E-state index contributed by atoms with van der Waals surface area (Å²) in [7, 11) is 0. The molecule has 0 spiro atoms. The van der Waals surface area contributed by atoms with Gasteiger partial charge in [-0.3, -0.25) is 9.69 Å². The molecule has 8 heteroatoms. The zero-order valence-electron chi connectivity index (χ0n) is 16.5. The van der Waals surface area contributed by atoms with E-state index in [0.717, 1.165) is 23.6 Å². The predicted molar refractivity (Wildman–Crippen MR) is 115 cm³/mol. The van der Waals surface area contributed by atoms with Gasteiger partial charge < -0.3 is 18.9 Å². The molecule has 0 amide bonds. The van der Waals surface area contributed by atoms with Gasteiger partial charge in [0.1, 0.15) is 29.1 Å². The number of aromatic amines is 1. The van der Waals surface area contributed by atoms with Crippen molar-refractivity contribution in [2.75, 3.05) is 19.7 Å². The van der Waals surface area contributed by atoms with E-state index in [-0.39, 0.29) is 11.7 Å². The first-order valence-corrected chi connectivity index (χ1v) is 10.7. The zero-order valence-corrected chi connectivity index (χ0v) is 17.3. The molecule has 1 aromatic carbocycles. The molecule has 1 N–H and O–H groups in total. The lowest BCUT2D eigenvalue weighted by molar-refractivity contribution is 0.0573. The van der Waals surface area contributed by atoms with E-state index >= 15 is 0 Å². The van der Waals surface area contributed by atoms with Crippen molar-refractivity contribution < 1.29 is 13.9 Å². The number of furan rings is 1. The number of hydrogen-bond donors (Lipinski definition) is 1. The molecule has 3 aromatic heterocycles. The van der Waals surface area contributed by atoms with Crippen LogP contribution in [0.2, 0.25) is 0 Å². The molecule has 7 nitrogen and oxygen atoms in total. The Hall–Kier alpha value is -3.10. The molecule has 0 fully saturated rings. The molecule has 0 bridgehead atoms. The molecule has 154 valence electrons. The number of ether oxygens (including phenoxy) is 2. The van der Waals surface area contributed by atoms with Crippen LogP contribution in [-0.2, 0) is 6.54 Å². The standard InChI is InChI=1S/C22H21N3O4S/c1-2-25(10-14-12-28-17-6-3-4-7-18(17)29-14)11-19-23-21(26)20-15(13-30-22(20)24-19)16-8-5-9-27-16/h3-9,13-14H,2,10-12H2,1H3,(H,23,24,26)/t14-/m1/s1. The van der Waals surface area contributed by atoms with Gasteiger partial charge in [0, 0.05) is 17.5 Å². The fraction of sp³-hybridized carbons (Fsp3) is 0.273. The maximum atomic E-state index is 12.8. The summed E-state index contributed by atoms with van der Waals surface area (Å²) in [6, 6.07) is 11.3. The summed E-state index contributed by atoms with van der Waals surface area (Å²) >= 11 is 1.45. The lowest BCUT2D eigenvalue weighted by Gasteiger charge is -2.30. The SMILES string of the molecule is CCN(Cc1nc2scc(-c3ccco3)c2c(=O)[nH]1)C[C@@H]1COc2ccccc2O1. The molecule has 0 saturated carbocycles. The zero-order chi connectivity index (χ0) is 20.5. The smallest absolute Gasteiger partial charge is 0.260 e. The number of para-hydroxylation sites is 2. The van der Waals surface area contributed by atoms with Gasteiger partial charge in [0.15, 0.2) is 11.5 Å². The Labute approximate surface area is 176 Å². The summed E-state index contributed by atoms with van der Waals surface area (Å²) in [5.74, 6) is 2.85. The van der Waals surface area contributed by atoms with E-state index in [2.05, 4.69) is 16.8 Å². The number of nitrogens with zero attached hydrogens (tertiary/aromatic N) is 2. The van der Waals surface area contributed by atoms with Crippen molar-refractivity contribution in [1.82, 2.24) is 14.9 Å². The number of hydrogen-bond acceptors (Lipinski definition) is 7. The van der Waals surface area contributed by atoms with E-state index in [4.69, 9.17) is 18.9 Å². The number of H-pyrrole nitrogens is 1. The number of nitrogens with one attached hydrogen (secondary N) is 1. The molecule has 1 atom stereocenters. The van der Waals surface area contributed by atoms with E-state index in [1.807, 2.05) is 41.8 Å². The van der Waals surface area contributed by atoms with Gasteiger partial charge >= 0.3 is 0 Å². The van der Waals surface area contributed by atoms with Crippen LogP contribution in [0.15, 0.2) is 57.3 Å². The lowest BCUT2D eigenvalue weighted by Crippen LogP contribution is -2.41. The molecular formula is C22H21N3O4S. The molecule has 1 aliphatic rings.